The highest BCUT2D eigenvalue weighted by molar-refractivity contribution is 5.91. The fraction of sp³-hybridized carbons (Fsp3) is 0.643. The van der Waals surface area contributed by atoms with Crippen molar-refractivity contribution in [2.75, 3.05) is 25.5 Å². The molecule has 0 saturated carbocycles. The van der Waals surface area contributed by atoms with Crippen LogP contribution in [-0.2, 0) is 0 Å². The molecule has 0 aromatic carbocycles. The van der Waals surface area contributed by atoms with Crippen molar-refractivity contribution in [3.05, 3.63) is 17.8 Å². The Morgan fingerprint density at radius 3 is 2.75 bits per heavy atom. The smallest absolute Gasteiger partial charge is 0.271 e. The van der Waals surface area contributed by atoms with Crippen molar-refractivity contribution in [3.8, 4) is 0 Å². The Balaban J connectivity index is 2.17. The van der Waals surface area contributed by atoms with E-state index in [1.807, 2.05) is 13.1 Å². The van der Waals surface area contributed by atoms with Crippen LogP contribution in [-0.4, -0.2) is 48.8 Å². The van der Waals surface area contributed by atoms with Crippen LogP contribution in [0.25, 0.3) is 0 Å². The lowest BCUT2D eigenvalue weighted by Crippen LogP contribution is -2.50. The maximum atomic E-state index is 11.5. The lowest BCUT2D eigenvalue weighted by Gasteiger charge is -2.39. The molecule has 110 valence electrons. The minimum Gasteiger partial charge on any atom is -0.354 e. The molecule has 2 rings (SSSR count). The molecule has 1 aliphatic rings. The topological polar surface area (TPSA) is 70.2 Å². The second-order valence-corrected chi connectivity index (χ2v) is 5.19. The van der Waals surface area contributed by atoms with E-state index in [9.17, 15) is 4.79 Å². The lowest BCUT2D eigenvalue weighted by atomic mass is 9.96. The van der Waals surface area contributed by atoms with Crippen molar-refractivity contribution in [2.45, 2.75) is 38.3 Å². The normalized spacial score (nSPS) is 20.6. The summed E-state index contributed by atoms with van der Waals surface area (Å²) in [5, 5.41) is 14.1. The summed E-state index contributed by atoms with van der Waals surface area (Å²) in [5.74, 6) is 0.646. The number of hydrogen-bond donors (Lipinski definition) is 2. The number of rotatable bonds is 4. The summed E-state index contributed by atoms with van der Waals surface area (Å²) in [6.45, 7) is 3.18. The standard InChI is InChI=1S/C14H23N5O/c1-10(15-2)12-6-4-5-9-19(12)13-8-7-11(17-18-13)14(20)16-3/h7-8,10,12,15H,4-6,9H2,1-3H3,(H,16,20). The Kier molecular flexibility index (Phi) is 4.89. The first kappa shape index (κ1) is 14.7. The quantitative estimate of drug-likeness (QED) is 0.852. The average Bonchev–Trinajstić information content (AvgIpc) is 2.53. The molecular weight excluding hydrogens is 254 g/mol. The number of nitrogens with one attached hydrogen (secondary N) is 2. The summed E-state index contributed by atoms with van der Waals surface area (Å²) >= 11 is 0. The van der Waals surface area contributed by atoms with Crippen LogP contribution in [0.5, 0.6) is 0 Å². The van der Waals surface area contributed by atoms with E-state index in [0.29, 0.717) is 17.8 Å². The molecule has 1 aromatic rings. The summed E-state index contributed by atoms with van der Waals surface area (Å²) in [4.78, 5) is 13.8. The van der Waals surface area contributed by atoms with E-state index in [2.05, 4.69) is 32.7 Å². The minimum absolute atomic E-state index is 0.206. The van der Waals surface area contributed by atoms with Gasteiger partial charge in [0.1, 0.15) is 0 Å². The highest BCUT2D eigenvalue weighted by atomic mass is 16.1. The van der Waals surface area contributed by atoms with Gasteiger partial charge in [-0.2, -0.15) is 0 Å². The number of aromatic nitrogens is 2. The van der Waals surface area contributed by atoms with E-state index in [4.69, 9.17) is 0 Å². The van der Waals surface area contributed by atoms with Gasteiger partial charge in [-0.1, -0.05) is 0 Å². The molecular formula is C14H23N5O. The number of likely N-dealkylation sites (N-methyl/N-ethyl adjacent to an activating group) is 1. The van der Waals surface area contributed by atoms with Crippen LogP contribution in [0.3, 0.4) is 0 Å². The van der Waals surface area contributed by atoms with Crippen molar-refractivity contribution in [3.63, 3.8) is 0 Å². The van der Waals surface area contributed by atoms with Gasteiger partial charge in [-0.25, -0.2) is 0 Å². The number of hydrogen-bond acceptors (Lipinski definition) is 5. The fourth-order valence-electron chi connectivity index (χ4n) is 2.68. The highest BCUT2D eigenvalue weighted by Crippen LogP contribution is 2.24. The molecule has 2 atom stereocenters. The van der Waals surface area contributed by atoms with Crippen molar-refractivity contribution in [1.29, 1.82) is 0 Å². The SMILES string of the molecule is CNC(=O)c1ccc(N2CCCCC2C(C)NC)nn1. The van der Waals surface area contributed by atoms with E-state index in [0.717, 1.165) is 18.8 Å². The Bertz CT molecular complexity index is 447. The van der Waals surface area contributed by atoms with Gasteiger partial charge < -0.3 is 15.5 Å². The first-order valence-electron chi connectivity index (χ1n) is 7.17. The molecule has 1 fully saturated rings. The molecule has 1 aliphatic heterocycles. The van der Waals surface area contributed by atoms with Crippen LogP contribution in [0.2, 0.25) is 0 Å². The second-order valence-electron chi connectivity index (χ2n) is 5.19. The predicted octanol–water partition coefficient (Wildman–Crippen LogP) is 0.803. The summed E-state index contributed by atoms with van der Waals surface area (Å²) in [7, 11) is 3.57. The monoisotopic (exact) mass is 277 g/mol. The molecule has 6 nitrogen and oxygen atoms in total. The molecule has 0 radical (unpaired) electrons. The molecule has 0 spiro atoms. The third kappa shape index (κ3) is 3.07. The summed E-state index contributed by atoms with van der Waals surface area (Å²) < 4.78 is 0. The summed E-state index contributed by atoms with van der Waals surface area (Å²) in [6, 6.07) is 4.44. The van der Waals surface area contributed by atoms with Crippen molar-refractivity contribution in [2.24, 2.45) is 0 Å². The minimum atomic E-state index is -0.206. The number of amides is 1. The summed E-state index contributed by atoms with van der Waals surface area (Å²) in [6.07, 6.45) is 3.57. The second kappa shape index (κ2) is 6.65. The molecule has 2 heterocycles. The fourth-order valence-corrected chi connectivity index (χ4v) is 2.68. The third-order valence-corrected chi connectivity index (χ3v) is 3.99. The first-order chi connectivity index (χ1) is 9.67. The van der Waals surface area contributed by atoms with Gasteiger partial charge in [0.25, 0.3) is 5.91 Å². The average molecular weight is 277 g/mol. The van der Waals surface area contributed by atoms with Gasteiger partial charge in [0, 0.05) is 25.7 Å². The number of piperidine rings is 1. The maximum absolute atomic E-state index is 11.5. The van der Waals surface area contributed by atoms with Crippen LogP contribution in [0.15, 0.2) is 12.1 Å². The lowest BCUT2D eigenvalue weighted by molar-refractivity contribution is 0.0957. The van der Waals surface area contributed by atoms with E-state index in [1.54, 1.807) is 13.1 Å². The Morgan fingerprint density at radius 2 is 2.15 bits per heavy atom. The van der Waals surface area contributed by atoms with Crippen molar-refractivity contribution < 1.29 is 4.79 Å². The molecule has 1 amide bonds. The largest absolute Gasteiger partial charge is 0.354 e. The van der Waals surface area contributed by atoms with Gasteiger partial charge in [-0.15, -0.1) is 10.2 Å². The van der Waals surface area contributed by atoms with Crippen molar-refractivity contribution >= 4 is 11.7 Å². The van der Waals surface area contributed by atoms with Gasteiger partial charge in [0.15, 0.2) is 11.5 Å². The van der Waals surface area contributed by atoms with Crippen LogP contribution in [0.4, 0.5) is 5.82 Å². The van der Waals surface area contributed by atoms with Gasteiger partial charge in [-0.05, 0) is 45.4 Å². The van der Waals surface area contributed by atoms with E-state index in [1.165, 1.54) is 12.8 Å². The van der Waals surface area contributed by atoms with E-state index >= 15 is 0 Å². The van der Waals surface area contributed by atoms with Gasteiger partial charge >= 0.3 is 0 Å². The number of carbonyl (C=O) groups excluding carboxylic acids is 1. The molecule has 2 unspecified atom stereocenters. The zero-order valence-corrected chi connectivity index (χ0v) is 12.4. The Labute approximate surface area is 120 Å². The molecule has 2 N–H and O–H groups in total. The first-order valence-corrected chi connectivity index (χ1v) is 7.17. The zero-order chi connectivity index (χ0) is 14.5. The van der Waals surface area contributed by atoms with Gasteiger partial charge in [0.2, 0.25) is 0 Å². The summed E-state index contributed by atoms with van der Waals surface area (Å²) in [5.41, 5.74) is 0.353. The molecule has 1 aromatic heterocycles. The number of nitrogens with zero attached hydrogens (tertiary/aromatic N) is 3. The number of anilines is 1. The van der Waals surface area contributed by atoms with Crippen LogP contribution in [0, 0.1) is 0 Å². The third-order valence-electron chi connectivity index (χ3n) is 3.99. The molecule has 6 heteroatoms. The van der Waals surface area contributed by atoms with Crippen LogP contribution in [0.1, 0.15) is 36.7 Å². The van der Waals surface area contributed by atoms with Crippen LogP contribution >= 0.6 is 0 Å². The molecule has 0 bridgehead atoms. The van der Waals surface area contributed by atoms with Gasteiger partial charge in [0.05, 0.1) is 0 Å². The number of carbonyl (C=O) groups is 1. The highest BCUT2D eigenvalue weighted by Gasteiger charge is 2.27. The predicted molar refractivity (Wildman–Crippen MR) is 78.9 cm³/mol. The molecule has 20 heavy (non-hydrogen) atoms. The molecule has 1 saturated heterocycles. The zero-order valence-electron chi connectivity index (χ0n) is 12.4. The maximum Gasteiger partial charge on any atom is 0.271 e. The van der Waals surface area contributed by atoms with Gasteiger partial charge in [-0.3, -0.25) is 4.79 Å². The Morgan fingerprint density at radius 1 is 1.35 bits per heavy atom. The van der Waals surface area contributed by atoms with E-state index in [-0.39, 0.29) is 5.91 Å². The van der Waals surface area contributed by atoms with Crippen LogP contribution < -0.4 is 15.5 Å². The van der Waals surface area contributed by atoms with E-state index < -0.39 is 0 Å². The molecule has 0 aliphatic carbocycles. The Hall–Kier alpha value is -1.69. The van der Waals surface area contributed by atoms with Crippen molar-refractivity contribution in [1.82, 2.24) is 20.8 Å².